The van der Waals surface area contributed by atoms with E-state index in [1.807, 2.05) is 31.2 Å². The minimum atomic E-state index is -3.40. The molecule has 0 saturated heterocycles. The fourth-order valence-corrected chi connectivity index (χ4v) is 2.63. The van der Waals surface area contributed by atoms with E-state index < -0.39 is 10.0 Å². The number of para-hydroxylation sites is 2. The molecule has 2 rings (SSSR count). The minimum absolute atomic E-state index is 0.191. The van der Waals surface area contributed by atoms with Gasteiger partial charge in [-0.3, -0.25) is 9.10 Å². The SMILES string of the molecule is Cc1ccc(CC(=O)Nc2ccccc2N(C)S(C)(=O)=O)cc1. The van der Waals surface area contributed by atoms with Crippen molar-refractivity contribution in [2.45, 2.75) is 13.3 Å². The fourth-order valence-electron chi connectivity index (χ4n) is 2.12. The molecular weight excluding hydrogens is 312 g/mol. The van der Waals surface area contributed by atoms with Gasteiger partial charge in [0, 0.05) is 7.05 Å². The van der Waals surface area contributed by atoms with Gasteiger partial charge in [0.05, 0.1) is 24.1 Å². The summed E-state index contributed by atoms with van der Waals surface area (Å²) in [5.41, 5.74) is 2.95. The van der Waals surface area contributed by atoms with Crippen molar-refractivity contribution in [1.82, 2.24) is 0 Å². The number of hydrogen-bond donors (Lipinski definition) is 1. The lowest BCUT2D eigenvalue weighted by Crippen LogP contribution is -2.26. The van der Waals surface area contributed by atoms with Gasteiger partial charge in [0.15, 0.2) is 0 Å². The standard InChI is InChI=1S/C17H20N2O3S/c1-13-8-10-14(11-9-13)12-17(20)18-15-6-4-5-7-16(15)19(2)23(3,21)22/h4-11H,12H2,1-3H3,(H,18,20). The number of sulfonamides is 1. The molecule has 0 radical (unpaired) electrons. The number of nitrogens with one attached hydrogen (secondary N) is 1. The van der Waals surface area contributed by atoms with Gasteiger partial charge in [-0.1, -0.05) is 42.0 Å². The van der Waals surface area contributed by atoms with Gasteiger partial charge < -0.3 is 5.32 Å². The number of anilines is 2. The molecule has 0 spiro atoms. The summed E-state index contributed by atoms with van der Waals surface area (Å²) in [5.74, 6) is -0.191. The fraction of sp³-hybridized carbons (Fsp3) is 0.235. The van der Waals surface area contributed by atoms with Crippen LogP contribution >= 0.6 is 0 Å². The number of nitrogens with zero attached hydrogens (tertiary/aromatic N) is 1. The van der Waals surface area contributed by atoms with Gasteiger partial charge in [0.1, 0.15) is 0 Å². The third-order valence-electron chi connectivity index (χ3n) is 3.50. The van der Waals surface area contributed by atoms with E-state index in [1.54, 1.807) is 24.3 Å². The second-order valence-electron chi connectivity index (χ2n) is 5.46. The summed E-state index contributed by atoms with van der Waals surface area (Å²) in [7, 11) is -1.94. The summed E-state index contributed by atoms with van der Waals surface area (Å²) in [5, 5.41) is 2.78. The number of amides is 1. The molecule has 0 fully saturated rings. The first kappa shape index (κ1) is 17.0. The van der Waals surface area contributed by atoms with E-state index in [4.69, 9.17) is 0 Å². The van der Waals surface area contributed by atoms with E-state index >= 15 is 0 Å². The van der Waals surface area contributed by atoms with Crippen LogP contribution in [0.2, 0.25) is 0 Å². The molecule has 1 N–H and O–H groups in total. The maximum Gasteiger partial charge on any atom is 0.232 e. The van der Waals surface area contributed by atoms with Gasteiger partial charge in [-0.15, -0.1) is 0 Å². The maximum atomic E-state index is 12.2. The van der Waals surface area contributed by atoms with E-state index in [0.717, 1.165) is 21.7 Å². The number of rotatable bonds is 5. The van der Waals surface area contributed by atoms with Gasteiger partial charge in [0.2, 0.25) is 15.9 Å². The first-order chi connectivity index (χ1) is 10.8. The zero-order valence-electron chi connectivity index (χ0n) is 13.4. The summed E-state index contributed by atoms with van der Waals surface area (Å²) in [4.78, 5) is 12.2. The molecule has 0 aromatic heterocycles. The molecule has 0 heterocycles. The van der Waals surface area contributed by atoms with Gasteiger partial charge in [-0.2, -0.15) is 0 Å². The highest BCUT2D eigenvalue weighted by Gasteiger charge is 2.16. The van der Waals surface area contributed by atoms with Crippen molar-refractivity contribution in [2.75, 3.05) is 22.9 Å². The molecule has 1 amide bonds. The number of aryl methyl sites for hydroxylation is 1. The molecule has 0 atom stereocenters. The third-order valence-corrected chi connectivity index (χ3v) is 4.69. The van der Waals surface area contributed by atoms with E-state index in [-0.39, 0.29) is 12.3 Å². The van der Waals surface area contributed by atoms with Crippen LogP contribution in [0, 0.1) is 6.92 Å². The van der Waals surface area contributed by atoms with Crippen molar-refractivity contribution >= 4 is 27.3 Å². The predicted molar refractivity (Wildman–Crippen MR) is 93.2 cm³/mol. The van der Waals surface area contributed by atoms with Gasteiger partial charge in [-0.05, 0) is 24.6 Å². The Kier molecular flexibility index (Phi) is 5.05. The monoisotopic (exact) mass is 332 g/mol. The smallest absolute Gasteiger partial charge is 0.232 e. The maximum absolute atomic E-state index is 12.2. The Morgan fingerprint density at radius 1 is 1.09 bits per heavy atom. The Bertz CT molecular complexity index is 799. The second kappa shape index (κ2) is 6.83. The van der Waals surface area contributed by atoms with Crippen LogP contribution in [0.1, 0.15) is 11.1 Å². The summed E-state index contributed by atoms with van der Waals surface area (Å²) in [6.45, 7) is 1.99. The van der Waals surface area contributed by atoms with Crippen molar-refractivity contribution < 1.29 is 13.2 Å². The molecule has 2 aromatic rings. The Balaban J connectivity index is 2.17. The Morgan fingerprint density at radius 2 is 1.70 bits per heavy atom. The van der Waals surface area contributed by atoms with Crippen LogP contribution in [0.15, 0.2) is 48.5 Å². The van der Waals surface area contributed by atoms with Crippen LogP contribution in [-0.2, 0) is 21.2 Å². The van der Waals surface area contributed by atoms with Crippen LogP contribution in [0.4, 0.5) is 11.4 Å². The van der Waals surface area contributed by atoms with Gasteiger partial charge in [-0.25, -0.2) is 8.42 Å². The first-order valence-electron chi connectivity index (χ1n) is 7.15. The Labute approximate surface area is 137 Å². The highest BCUT2D eigenvalue weighted by atomic mass is 32.2. The molecule has 122 valence electrons. The molecule has 0 unspecified atom stereocenters. The van der Waals surface area contributed by atoms with Crippen molar-refractivity contribution in [2.24, 2.45) is 0 Å². The molecule has 0 bridgehead atoms. The van der Waals surface area contributed by atoms with Crippen molar-refractivity contribution in [3.05, 3.63) is 59.7 Å². The molecule has 2 aromatic carbocycles. The number of benzene rings is 2. The topological polar surface area (TPSA) is 66.5 Å². The van der Waals surface area contributed by atoms with Crippen LogP contribution < -0.4 is 9.62 Å². The molecule has 6 heteroatoms. The van der Waals surface area contributed by atoms with Crippen molar-refractivity contribution in [3.8, 4) is 0 Å². The first-order valence-corrected chi connectivity index (χ1v) is 9.00. The van der Waals surface area contributed by atoms with Crippen LogP contribution in [0.5, 0.6) is 0 Å². The van der Waals surface area contributed by atoms with Crippen molar-refractivity contribution in [1.29, 1.82) is 0 Å². The average Bonchev–Trinajstić information content (AvgIpc) is 2.48. The highest BCUT2D eigenvalue weighted by molar-refractivity contribution is 7.92. The van der Waals surface area contributed by atoms with E-state index in [0.29, 0.717) is 11.4 Å². The lowest BCUT2D eigenvalue weighted by Gasteiger charge is -2.20. The molecule has 5 nitrogen and oxygen atoms in total. The zero-order valence-corrected chi connectivity index (χ0v) is 14.2. The molecular formula is C17H20N2O3S. The third kappa shape index (κ3) is 4.56. The number of carbonyl (C=O) groups excluding carboxylic acids is 1. The largest absolute Gasteiger partial charge is 0.324 e. The summed E-state index contributed by atoms with van der Waals surface area (Å²) >= 11 is 0. The second-order valence-corrected chi connectivity index (χ2v) is 7.47. The van der Waals surface area contributed by atoms with Crippen LogP contribution in [0.3, 0.4) is 0 Å². The molecule has 0 saturated carbocycles. The Hall–Kier alpha value is -2.34. The Morgan fingerprint density at radius 3 is 2.30 bits per heavy atom. The molecule has 23 heavy (non-hydrogen) atoms. The van der Waals surface area contributed by atoms with Gasteiger partial charge in [0.25, 0.3) is 0 Å². The van der Waals surface area contributed by atoms with Crippen LogP contribution in [-0.4, -0.2) is 27.6 Å². The predicted octanol–water partition coefficient (Wildman–Crippen LogP) is 2.57. The minimum Gasteiger partial charge on any atom is -0.324 e. The lowest BCUT2D eigenvalue weighted by atomic mass is 10.1. The average molecular weight is 332 g/mol. The number of carbonyl (C=O) groups is 1. The normalized spacial score (nSPS) is 11.1. The quantitative estimate of drug-likeness (QED) is 0.915. The highest BCUT2D eigenvalue weighted by Crippen LogP contribution is 2.26. The number of hydrogen-bond acceptors (Lipinski definition) is 3. The summed E-state index contributed by atoms with van der Waals surface area (Å²) in [6.07, 6.45) is 1.36. The van der Waals surface area contributed by atoms with Crippen LogP contribution in [0.25, 0.3) is 0 Å². The summed E-state index contributed by atoms with van der Waals surface area (Å²) < 4.78 is 24.6. The van der Waals surface area contributed by atoms with E-state index in [1.165, 1.54) is 7.05 Å². The van der Waals surface area contributed by atoms with E-state index in [2.05, 4.69) is 5.32 Å². The molecule has 0 aliphatic heterocycles. The lowest BCUT2D eigenvalue weighted by molar-refractivity contribution is -0.115. The molecule has 0 aliphatic rings. The van der Waals surface area contributed by atoms with E-state index in [9.17, 15) is 13.2 Å². The van der Waals surface area contributed by atoms with Gasteiger partial charge >= 0.3 is 0 Å². The summed E-state index contributed by atoms with van der Waals surface area (Å²) in [6, 6.07) is 14.5. The molecule has 0 aliphatic carbocycles. The van der Waals surface area contributed by atoms with Crippen molar-refractivity contribution in [3.63, 3.8) is 0 Å². The zero-order chi connectivity index (χ0) is 17.0.